The molecule has 156 valence electrons. The Morgan fingerprint density at radius 1 is 1.06 bits per heavy atom. The number of hydrogen-bond donors (Lipinski definition) is 1. The summed E-state index contributed by atoms with van der Waals surface area (Å²) in [7, 11) is 0. The maximum absolute atomic E-state index is 13.3. The number of benzene rings is 3. The van der Waals surface area contributed by atoms with Crippen molar-refractivity contribution in [1.82, 2.24) is 5.43 Å². The molecule has 0 bridgehead atoms. The topological polar surface area (TPSA) is 58.6 Å². The molecule has 0 spiro atoms. The minimum atomic E-state index is -0.507. The van der Waals surface area contributed by atoms with Gasteiger partial charge in [0.1, 0.15) is 18.0 Å². The fourth-order valence-electron chi connectivity index (χ4n) is 3.07. The Morgan fingerprint density at radius 3 is 2.55 bits per heavy atom. The average molecular weight is 502 g/mol. The number of amides is 2. The standard InChI is InChI=1S/C23H15BrClFN2O3/c24-19-11-15(12-20(25)21(19)31-13-14-5-4-6-16(26)9-14)10-18-22(29)27-28(23(18)30)17-7-2-1-3-8-17/h1-12H,13H2,(H,27,29)/b18-10-. The van der Waals surface area contributed by atoms with Crippen molar-refractivity contribution in [2.45, 2.75) is 6.61 Å². The number of halogens is 3. The SMILES string of the molecule is O=C1NN(c2ccccc2)C(=O)/C1=C\c1cc(Cl)c(OCc2cccc(F)c2)c(Br)c1. The third kappa shape index (κ3) is 4.62. The monoisotopic (exact) mass is 500 g/mol. The van der Waals surface area contributed by atoms with Crippen LogP contribution in [0.2, 0.25) is 5.02 Å². The number of hydrogen-bond acceptors (Lipinski definition) is 3. The summed E-state index contributed by atoms with van der Waals surface area (Å²) < 4.78 is 19.6. The number of anilines is 1. The van der Waals surface area contributed by atoms with Gasteiger partial charge in [-0.25, -0.2) is 9.40 Å². The largest absolute Gasteiger partial charge is 0.486 e. The molecule has 1 aliphatic rings. The summed E-state index contributed by atoms with van der Waals surface area (Å²) in [6.07, 6.45) is 1.47. The van der Waals surface area contributed by atoms with E-state index in [1.54, 1.807) is 48.5 Å². The van der Waals surface area contributed by atoms with Crippen molar-refractivity contribution in [2.75, 3.05) is 5.01 Å². The zero-order chi connectivity index (χ0) is 22.0. The van der Waals surface area contributed by atoms with Crippen LogP contribution < -0.4 is 15.2 Å². The molecule has 1 heterocycles. The van der Waals surface area contributed by atoms with Crippen LogP contribution in [0.1, 0.15) is 11.1 Å². The number of ether oxygens (including phenoxy) is 1. The van der Waals surface area contributed by atoms with Gasteiger partial charge in [-0.05, 0) is 69.5 Å². The highest BCUT2D eigenvalue weighted by Gasteiger charge is 2.34. The summed E-state index contributed by atoms with van der Waals surface area (Å²) in [4.78, 5) is 25.1. The van der Waals surface area contributed by atoms with Gasteiger partial charge in [0.2, 0.25) is 0 Å². The maximum atomic E-state index is 13.3. The van der Waals surface area contributed by atoms with Crippen molar-refractivity contribution in [3.8, 4) is 5.75 Å². The van der Waals surface area contributed by atoms with Crippen molar-refractivity contribution in [2.24, 2.45) is 0 Å². The molecule has 8 heteroatoms. The molecule has 31 heavy (non-hydrogen) atoms. The fourth-order valence-corrected chi connectivity index (χ4v) is 4.05. The van der Waals surface area contributed by atoms with E-state index in [4.69, 9.17) is 16.3 Å². The number of hydrazine groups is 1. The molecular weight excluding hydrogens is 487 g/mol. The van der Waals surface area contributed by atoms with Gasteiger partial charge in [0.15, 0.2) is 5.75 Å². The summed E-state index contributed by atoms with van der Waals surface area (Å²) in [6, 6.07) is 18.2. The molecule has 4 rings (SSSR count). The summed E-state index contributed by atoms with van der Waals surface area (Å²) in [5.41, 5.74) is 4.30. The summed E-state index contributed by atoms with van der Waals surface area (Å²) in [5, 5.41) is 1.48. The van der Waals surface area contributed by atoms with E-state index in [-0.39, 0.29) is 23.0 Å². The fraction of sp³-hybridized carbons (Fsp3) is 0.0435. The minimum absolute atomic E-state index is 0.0137. The quantitative estimate of drug-likeness (QED) is 0.382. The lowest BCUT2D eigenvalue weighted by molar-refractivity contribution is -0.117. The van der Waals surface area contributed by atoms with Gasteiger partial charge < -0.3 is 4.74 Å². The molecule has 1 saturated heterocycles. The molecule has 3 aromatic rings. The lowest BCUT2D eigenvalue weighted by Crippen LogP contribution is -2.35. The molecule has 0 saturated carbocycles. The van der Waals surface area contributed by atoms with Crippen LogP contribution in [0.4, 0.5) is 10.1 Å². The smallest absolute Gasteiger partial charge is 0.282 e. The van der Waals surface area contributed by atoms with Crippen molar-refractivity contribution in [3.05, 3.63) is 98.7 Å². The second-order valence-corrected chi connectivity index (χ2v) is 7.97. The van der Waals surface area contributed by atoms with Crippen LogP contribution in [0.15, 0.2) is 76.8 Å². The van der Waals surface area contributed by atoms with Crippen LogP contribution in [0.3, 0.4) is 0 Å². The molecule has 1 fully saturated rings. The van der Waals surface area contributed by atoms with Crippen molar-refractivity contribution in [1.29, 1.82) is 0 Å². The van der Waals surface area contributed by atoms with Gasteiger partial charge in [-0.15, -0.1) is 0 Å². The van der Waals surface area contributed by atoms with Gasteiger partial charge in [0, 0.05) is 0 Å². The number of para-hydroxylation sites is 1. The molecule has 1 aliphatic heterocycles. The highest BCUT2D eigenvalue weighted by Crippen LogP contribution is 2.36. The first-order valence-corrected chi connectivity index (χ1v) is 10.4. The number of carbonyl (C=O) groups is 2. The van der Waals surface area contributed by atoms with Crippen LogP contribution >= 0.6 is 27.5 Å². The second kappa shape index (κ2) is 8.91. The van der Waals surface area contributed by atoms with Gasteiger partial charge >= 0.3 is 0 Å². The molecule has 3 aromatic carbocycles. The first-order valence-electron chi connectivity index (χ1n) is 9.21. The molecular formula is C23H15BrClFN2O3. The third-order valence-corrected chi connectivity index (χ3v) is 5.38. The van der Waals surface area contributed by atoms with Gasteiger partial charge in [0.05, 0.1) is 15.2 Å². The van der Waals surface area contributed by atoms with Crippen LogP contribution in [0.25, 0.3) is 6.08 Å². The van der Waals surface area contributed by atoms with E-state index in [9.17, 15) is 14.0 Å². The molecule has 0 aromatic heterocycles. The Labute approximate surface area is 191 Å². The molecule has 0 aliphatic carbocycles. The molecule has 0 atom stereocenters. The Morgan fingerprint density at radius 2 is 1.84 bits per heavy atom. The van der Waals surface area contributed by atoms with E-state index in [1.807, 2.05) is 6.07 Å². The summed E-state index contributed by atoms with van der Waals surface area (Å²) in [5.74, 6) is -0.944. The molecule has 0 unspecified atom stereocenters. The third-order valence-electron chi connectivity index (χ3n) is 4.51. The minimum Gasteiger partial charge on any atom is -0.486 e. The lowest BCUT2D eigenvalue weighted by Gasteiger charge is -2.14. The molecule has 1 N–H and O–H groups in total. The predicted octanol–water partition coefficient (Wildman–Crippen LogP) is 5.28. The van der Waals surface area contributed by atoms with E-state index in [0.29, 0.717) is 27.0 Å². The highest BCUT2D eigenvalue weighted by atomic mass is 79.9. The van der Waals surface area contributed by atoms with Gasteiger partial charge in [-0.1, -0.05) is 41.9 Å². The summed E-state index contributed by atoms with van der Waals surface area (Å²) in [6.45, 7) is 0.128. The van der Waals surface area contributed by atoms with Crippen LogP contribution in [0, 0.1) is 5.82 Å². The first kappa shape index (κ1) is 21.1. The van der Waals surface area contributed by atoms with Crippen molar-refractivity contribution >= 4 is 51.1 Å². The Bertz CT molecular complexity index is 1180. The van der Waals surface area contributed by atoms with Crippen LogP contribution in [0.5, 0.6) is 5.75 Å². The van der Waals surface area contributed by atoms with E-state index >= 15 is 0 Å². The van der Waals surface area contributed by atoms with Gasteiger partial charge in [0.25, 0.3) is 11.8 Å². The lowest BCUT2D eigenvalue weighted by atomic mass is 10.1. The average Bonchev–Trinajstić information content (AvgIpc) is 3.02. The first-order chi connectivity index (χ1) is 14.9. The van der Waals surface area contributed by atoms with E-state index in [1.165, 1.54) is 23.2 Å². The van der Waals surface area contributed by atoms with Crippen molar-refractivity contribution in [3.63, 3.8) is 0 Å². The second-order valence-electron chi connectivity index (χ2n) is 6.71. The number of rotatable bonds is 5. The van der Waals surface area contributed by atoms with E-state index in [0.717, 1.165) is 0 Å². The van der Waals surface area contributed by atoms with E-state index in [2.05, 4.69) is 21.4 Å². The van der Waals surface area contributed by atoms with Crippen LogP contribution in [-0.2, 0) is 16.2 Å². The Kier molecular flexibility index (Phi) is 6.06. The van der Waals surface area contributed by atoms with Crippen molar-refractivity contribution < 1.29 is 18.7 Å². The highest BCUT2D eigenvalue weighted by molar-refractivity contribution is 9.10. The van der Waals surface area contributed by atoms with E-state index < -0.39 is 11.8 Å². The Hall–Kier alpha value is -3.16. The summed E-state index contributed by atoms with van der Waals surface area (Å²) >= 11 is 9.77. The van der Waals surface area contributed by atoms with Gasteiger partial charge in [-0.3, -0.25) is 15.0 Å². The predicted molar refractivity (Wildman–Crippen MR) is 120 cm³/mol. The number of nitrogens with zero attached hydrogens (tertiary/aromatic N) is 1. The maximum Gasteiger partial charge on any atom is 0.282 e. The van der Waals surface area contributed by atoms with Crippen LogP contribution in [-0.4, -0.2) is 11.8 Å². The molecule has 0 radical (unpaired) electrons. The number of carbonyl (C=O) groups excluding carboxylic acids is 2. The molecule has 2 amide bonds. The zero-order valence-electron chi connectivity index (χ0n) is 15.9. The zero-order valence-corrected chi connectivity index (χ0v) is 18.3. The number of nitrogens with one attached hydrogen (secondary N) is 1. The normalized spacial score (nSPS) is 14.8. The Balaban J connectivity index is 1.56. The molecule has 5 nitrogen and oxygen atoms in total. The van der Waals surface area contributed by atoms with Gasteiger partial charge in [-0.2, -0.15) is 0 Å².